The van der Waals surface area contributed by atoms with Gasteiger partial charge in [-0.25, -0.2) is 4.39 Å². The minimum atomic E-state index is -0.213. The second-order valence-electron chi connectivity index (χ2n) is 6.74. The summed E-state index contributed by atoms with van der Waals surface area (Å²) in [5.74, 6) is 1.14. The van der Waals surface area contributed by atoms with Gasteiger partial charge in [-0.1, -0.05) is 26.0 Å². The number of nitrogens with one attached hydrogen (secondary N) is 2. The van der Waals surface area contributed by atoms with Crippen LogP contribution in [0.15, 0.2) is 29.3 Å². The summed E-state index contributed by atoms with van der Waals surface area (Å²) >= 11 is 0. The molecule has 0 bridgehead atoms. The summed E-state index contributed by atoms with van der Waals surface area (Å²) in [7, 11) is 1.77. The molecule has 4 nitrogen and oxygen atoms in total. The maximum absolute atomic E-state index is 12.9. The van der Waals surface area contributed by atoms with E-state index in [2.05, 4.69) is 29.5 Å². The highest BCUT2D eigenvalue weighted by molar-refractivity contribution is 5.80. The van der Waals surface area contributed by atoms with E-state index in [0.717, 1.165) is 24.6 Å². The monoisotopic (exact) mass is 305 g/mol. The average Bonchev–Trinajstić information content (AvgIpc) is 2.96. The van der Waals surface area contributed by atoms with Crippen molar-refractivity contribution in [3.63, 3.8) is 0 Å². The lowest BCUT2D eigenvalue weighted by Crippen LogP contribution is -2.67. The number of guanidine groups is 1. The lowest BCUT2D eigenvalue weighted by molar-refractivity contribution is -0.106. The van der Waals surface area contributed by atoms with Gasteiger partial charge >= 0.3 is 0 Å². The lowest BCUT2D eigenvalue weighted by Gasteiger charge is -2.54. The first kappa shape index (κ1) is 15.3. The number of fused-ring (bicyclic) bond motifs is 1. The molecule has 22 heavy (non-hydrogen) atoms. The van der Waals surface area contributed by atoms with E-state index in [9.17, 15) is 4.39 Å². The molecule has 3 atom stereocenters. The van der Waals surface area contributed by atoms with E-state index in [1.807, 2.05) is 0 Å². The van der Waals surface area contributed by atoms with Crippen LogP contribution in [-0.4, -0.2) is 31.8 Å². The first-order valence-electron chi connectivity index (χ1n) is 7.85. The van der Waals surface area contributed by atoms with Crippen LogP contribution >= 0.6 is 0 Å². The van der Waals surface area contributed by atoms with Crippen LogP contribution in [0.3, 0.4) is 0 Å². The van der Waals surface area contributed by atoms with Gasteiger partial charge in [0.2, 0.25) is 0 Å². The smallest absolute Gasteiger partial charge is 0.191 e. The number of hydrogen-bond donors (Lipinski definition) is 2. The number of ether oxygens (including phenoxy) is 1. The SMILES string of the molecule is CN=C(NCc1ccc(F)cc1)NC1C2CCOC2C1(C)C. The van der Waals surface area contributed by atoms with Crippen molar-refractivity contribution in [3.8, 4) is 0 Å². The molecule has 1 aromatic rings. The van der Waals surface area contributed by atoms with E-state index >= 15 is 0 Å². The predicted molar refractivity (Wildman–Crippen MR) is 85.2 cm³/mol. The molecule has 1 saturated carbocycles. The van der Waals surface area contributed by atoms with Gasteiger partial charge in [-0.15, -0.1) is 0 Å². The zero-order valence-electron chi connectivity index (χ0n) is 13.4. The van der Waals surface area contributed by atoms with Gasteiger partial charge in [-0.2, -0.15) is 0 Å². The van der Waals surface area contributed by atoms with Crippen molar-refractivity contribution >= 4 is 5.96 Å². The molecule has 2 N–H and O–H groups in total. The van der Waals surface area contributed by atoms with Gasteiger partial charge in [0.1, 0.15) is 5.82 Å². The number of nitrogens with zero attached hydrogens (tertiary/aromatic N) is 1. The molecule has 1 saturated heterocycles. The molecule has 3 rings (SSSR count). The van der Waals surface area contributed by atoms with Crippen molar-refractivity contribution in [2.75, 3.05) is 13.7 Å². The number of benzene rings is 1. The summed E-state index contributed by atoms with van der Waals surface area (Å²) in [5, 5.41) is 6.83. The fraction of sp³-hybridized carbons (Fsp3) is 0.588. The van der Waals surface area contributed by atoms with Gasteiger partial charge in [-0.3, -0.25) is 4.99 Å². The van der Waals surface area contributed by atoms with E-state index in [-0.39, 0.29) is 11.2 Å². The van der Waals surface area contributed by atoms with E-state index in [1.54, 1.807) is 19.2 Å². The second kappa shape index (κ2) is 5.88. The molecule has 0 amide bonds. The van der Waals surface area contributed by atoms with Crippen molar-refractivity contribution in [2.45, 2.75) is 39.0 Å². The Hall–Kier alpha value is -1.62. The third-order valence-electron chi connectivity index (χ3n) is 4.99. The van der Waals surface area contributed by atoms with Crippen molar-refractivity contribution in [3.05, 3.63) is 35.6 Å². The second-order valence-corrected chi connectivity index (χ2v) is 6.74. The highest BCUT2D eigenvalue weighted by Gasteiger charge is 2.59. The normalized spacial score (nSPS) is 29.6. The summed E-state index contributed by atoms with van der Waals surface area (Å²) in [6, 6.07) is 6.89. The van der Waals surface area contributed by atoms with Crippen LogP contribution in [0.4, 0.5) is 4.39 Å². The molecule has 1 aromatic carbocycles. The average molecular weight is 305 g/mol. The minimum Gasteiger partial charge on any atom is -0.377 e. The van der Waals surface area contributed by atoms with Crippen LogP contribution in [0, 0.1) is 17.2 Å². The quantitative estimate of drug-likeness (QED) is 0.665. The molecule has 0 aromatic heterocycles. The molecule has 0 spiro atoms. The van der Waals surface area contributed by atoms with Gasteiger partial charge in [0.05, 0.1) is 6.10 Å². The van der Waals surface area contributed by atoms with Crippen molar-refractivity contribution in [2.24, 2.45) is 16.3 Å². The summed E-state index contributed by atoms with van der Waals surface area (Å²) in [6.45, 7) is 5.96. The number of rotatable bonds is 3. The molecule has 0 radical (unpaired) electrons. The molecule has 5 heteroatoms. The summed E-state index contributed by atoms with van der Waals surface area (Å²) in [4.78, 5) is 4.30. The Morgan fingerprint density at radius 2 is 2.09 bits per heavy atom. The largest absolute Gasteiger partial charge is 0.377 e. The molecule has 2 fully saturated rings. The molecule has 120 valence electrons. The fourth-order valence-electron chi connectivity index (χ4n) is 3.75. The van der Waals surface area contributed by atoms with Gasteiger partial charge in [0.25, 0.3) is 0 Å². The molecule has 3 unspecified atom stereocenters. The Bertz CT molecular complexity index is 556. The van der Waals surface area contributed by atoms with Crippen molar-refractivity contribution in [1.82, 2.24) is 10.6 Å². The van der Waals surface area contributed by atoms with Gasteiger partial charge in [0, 0.05) is 37.6 Å². The summed E-state index contributed by atoms with van der Waals surface area (Å²) in [5.41, 5.74) is 1.15. The van der Waals surface area contributed by atoms with Crippen molar-refractivity contribution < 1.29 is 9.13 Å². The Balaban J connectivity index is 1.57. The van der Waals surface area contributed by atoms with Crippen LogP contribution in [0.1, 0.15) is 25.8 Å². The Kier molecular flexibility index (Phi) is 4.08. The van der Waals surface area contributed by atoms with E-state index in [1.165, 1.54) is 12.1 Å². The third-order valence-corrected chi connectivity index (χ3v) is 4.99. The highest BCUT2D eigenvalue weighted by Crippen LogP contribution is 2.52. The zero-order chi connectivity index (χ0) is 15.7. The van der Waals surface area contributed by atoms with Gasteiger partial charge in [-0.05, 0) is 24.1 Å². The molecule has 1 aliphatic heterocycles. The standard InChI is InChI=1S/C17H24FN3O/c1-17(2)14(13-8-9-22-15(13)17)21-16(19-3)20-10-11-4-6-12(18)7-5-11/h4-7,13-15H,8-10H2,1-3H3,(H2,19,20,21). The minimum absolute atomic E-state index is 0.120. The third kappa shape index (κ3) is 2.70. The first-order valence-corrected chi connectivity index (χ1v) is 7.85. The van der Waals surface area contributed by atoms with Crippen LogP contribution in [0.25, 0.3) is 0 Å². The maximum atomic E-state index is 12.9. The number of hydrogen-bond acceptors (Lipinski definition) is 2. The summed E-state index contributed by atoms with van der Waals surface area (Å²) in [6.07, 6.45) is 1.47. The summed E-state index contributed by atoms with van der Waals surface area (Å²) < 4.78 is 18.7. The van der Waals surface area contributed by atoms with Gasteiger partial charge < -0.3 is 15.4 Å². The molecular formula is C17H24FN3O. The molecule has 2 aliphatic rings. The van der Waals surface area contributed by atoms with Crippen LogP contribution in [-0.2, 0) is 11.3 Å². The maximum Gasteiger partial charge on any atom is 0.191 e. The van der Waals surface area contributed by atoms with E-state index in [4.69, 9.17) is 4.74 Å². The molecule has 1 aliphatic carbocycles. The Labute approximate surface area is 131 Å². The topological polar surface area (TPSA) is 45.7 Å². The fourth-order valence-corrected chi connectivity index (χ4v) is 3.75. The van der Waals surface area contributed by atoms with Crippen LogP contribution < -0.4 is 10.6 Å². The van der Waals surface area contributed by atoms with E-state index < -0.39 is 0 Å². The molecular weight excluding hydrogens is 281 g/mol. The number of aliphatic imine (C=N–C) groups is 1. The first-order chi connectivity index (χ1) is 10.5. The lowest BCUT2D eigenvalue weighted by atomic mass is 9.57. The predicted octanol–water partition coefficient (Wildman–Crippen LogP) is 2.30. The Morgan fingerprint density at radius 1 is 1.36 bits per heavy atom. The Morgan fingerprint density at radius 3 is 2.77 bits per heavy atom. The van der Waals surface area contributed by atoms with Crippen molar-refractivity contribution in [1.29, 1.82) is 0 Å². The van der Waals surface area contributed by atoms with Crippen LogP contribution in [0.2, 0.25) is 0 Å². The van der Waals surface area contributed by atoms with Crippen LogP contribution in [0.5, 0.6) is 0 Å². The number of halogens is 1. The van der Waals surface area contributed by atoms with Gasteiger partial charge in [0.15, 0.2) is 5.96 Å². The highest BCUT2D eigenvalue weighted by atomic mass is 19.1. The van der Waals surface area contributed by atoms with E-state index in [0.29, 0.717) is 24.6 Å². The zero-order valence-corrected chi connectivity index (χ0v) is 13.4. The molecule has 1 heterocycles.